The Bertz CT molecular complexity index is 240. The monoisotopic (exact) mass is 296 g/mol. The van der Waals surface area contributed by atoms with Crippen LogP contribution in [-0.4, -0.2) is 44.8 Å². The van der Waals surface area contributed by atoms with Gasteiger partial charge in [-0.15, -0.1) is 0 Å². The highest BCUT2D eigenvalue weighted by Crippen LogP contribution is 2.27. The average molecular weight is 297 g/mol. The zero-order valence-corrected chi connectivity index (χ0v) is 15.0. The molecule has 1 saturated heterocycles. The number of rotatable bonds is 2. The van der Waals surface area contributed by atoms with Crippen molar-refractivity contribution < 1.29 is 17.8 Å². The van der Waals surface area contributed by atoms with E-state index < -0.39 is 35.2 Å². The van der Waals surface area contributed by atoms with E-state index in [1.165, 1.54) is 0 Å². The first-order valence-electron chi connectivity index (χ1n) is 6.10. The predicted octanol–water partition coefficient (Wildman–Crippen LogP) is 0.728. The van der Waals surface area contributed by atoms with E-state index in [9.17, 15) is 9.59 Å². The molecule has 8 heteroatoms. The van der Waals surface area contributed by atoms with E-state index >= 15 is 0 Å². The molecule has 16 heavy (non-hydrogen) atoms. The molecule has 0 aromatic carbocycles. The lowest BCUT2D eigenvalue weighted by atomic mass is 11.0. The first-order chi connectivity index (χ1) is 7.30. The molecule has 1 rings (SSSR count). The molecule has 1 aliphatic rings. The molecule has 0 bridgehead atoms. The maximum absolute atomic E-state index is 10.5. The quantitative estimate of drug-likeness (QED) is 0.738. The third kappa shape index (κ3) is 4.18. The van der Waals surface area contributed by atoms with Gasteiger partial charge < -0.3 is 17.8 Å². The fourth-order valence-electron chi connectivity index (χ4n) is 2.26. The van der Waals surface area contributed by atoms with Crippen LogP contribution in [0.1, 0.15) is 13.8 Å². The van der Waals surface area contributed by atoms with Crippen LogP contribution in [0.5, 0.6) is 0 Å². The predicted molar refractivity (Wildman–Crippen MR) is 74.7 cm³/mol. The Morgan fingerprint density at radius 1 is 1.25 bits per heavy atom. The summed E-state index contributed by atoms with van der Waals surface area (Å²) in [6, 6.07) is 1.72. The molecule has 4 atom stereocenters. The van der Waals surface area contributed by atoms with Gasteiger partial charge in [0, 0.05) is 5.67 Å². The molecule has 1 heterocycles. The molecule has 1 fully saturated rings. The Morgan fingerprint density at radius 2 is 1.88 bits per heavy atom. The molecule has 0 spiro atoms. The second-order valence-corrected chi connectivity index (χ2v) is 18.8. The Kier molecular flexibility index (Phi) is 5.14. The van der Waals surface area contributed by atoms with Crippen molar-refractivity contribution in [2.24, 2.45) is 0 Å². The molecular weight excluding hydrogens is 272 g/mol. The van der Waals surface area contributed by atoms with Gasteiger partial charge in [-0.1, -0.05) is 13.8 Å². The topological polar surface area (TPSA) is 58.9 Å². The van der Waals surface area contributed by atoms with Crippen molar-refractivity contribution >= 4 is 35.2 Å². The molecule has 0 amide bonds. The first-order valence-corrected chi connectivity index (χ1v) is 15.5. The molecule has 96 valence electrons. The number of hydrogen-bond donors (Lipinski definition) is 2. The fourth-order valence-corrected chi connectivity index (χ4v) is 23.6. The summed E-state index contributed by atoms with van der Waals surface area (Å²) in [5.74, 6) is 0. The van der Waals surface area contributed by atoms with Gasteiger partial charge in [0.05, 0.1) is 0 Å². The zero-order chi connectivity index (χ0) is 12.4. The summed E-state index contributed by atoms with van der Waals surface area (Å²) in [5.41, 5.74) is 1.46. The van der Waals surface area contributed by atoms with Crippen molar-refractivity contribution in [3.8, 4) is 0 Å². The van der Waals surface area contributed by atoms with Gasteiger partial charge in [-0.2, -0.15) is 0 Å². The van der Waals surface area contributed by atoms with Crippen LogP contribution in [0, 0.1) is 0 Å². The summed E-state index contributed by atoms with van der Waals surface area (Å²) in [6.45, 7) is 8.03. The Morgan fingerprint density at radius 3 is 2.38 bits per heavy atom. The van der Waals surface area contributed by atoms with E-state index in [0.29, 0.717) is 11.7 Å². The van der Waals surface area contributed by atoms with Crippen LogP contribution >= 0.6 is 0 Å². The molecule has 0 aliphatic carbocycles. The highest BCUT2D eigenvalue weighted by molar-refractivity contribution is 6.92. The van der Waals surface area contributed by atoms with E-state index in [1.807, 2.05) is 6.92 Å². The summed E-state index contributed by atoms with van der Waals surface area (Å²) >= 11 is 0. The van der Waals surface area contributed by atoms with Gasteiger partial charge in [-0.25, -0.2) is 0 Å². The molecule has 1 aliphatic heterocycles. The van der Waals surface area contributed by atoms with Crippen molar-refractivity contribution in [3.63, 3.8) is 0 Å². The van der Waals surface area contributed by atoms with Crippen LogP contribution < -0.4 is 0 Å². The highest BCUT2D eigenvalue weighted by Gasteiger charge is 2.47. The third-order valence-electron chi connectivity index (χ3n) is 3.05. The Hall–Kier alpha value is 0.708. The minimum atomic E-state index is -2.67. The lowest BCUT2D eigenvalue weighted by Crippen LogP contribution is -2.56. The van der Waals surface area contributed by atoms with Crippen molar-refractivity contribution in [1.29, 1.82) is 0 Å². The first kappa shape index (κ1) is 14.8. The van der Waals surface area contributed by atoms with Crippen LogP contribution in [-0.2, 0) is 8.23 Å². The standard InChI is InChI=1S/C8H24O4Si4/c1-5-14-7-13(3)11-15(4,9)8-16(10,6-2)12-14/h9-10,13-14H,5-8H2,1-4H3. The smallest absolute Gasteiger partial charge is 0.326 e. The van der Waals surface area contributed by atoms with Gasteiger partial charge in [0.1, 0.15) is 0 Å². The molecule has 0 aromatic rings. The lowest BCUT2D eigenvalue weighted by Gasteiger charge is -2.38. The largest absolute Gasteiger partial charge is 0.439 e. The average Bonchev–Trinajstić information content (AvgIpc) is 2.13. The molecule has 4 nitrogen and oxygen atoms in total. The van der Waals surface area contributed by atoms with Crippen molar-refractivity contribution in [2.45, 2.75) is 50.4 Å². The number of hydrogen-bond acceptors (Lipinski definition) is 4. The minimum Gasteiger partial charge on any atom is -0.439 e. The van der Waals surface area contributed by atoms with Gasteiger partial charge in [-0.05, 0) is 30.8 Å². The van der Waals surface area contributed by atoms with Crippen molar-refractivity contribution in [2.75, 3.05) is 0 Å². The normalized spacial score (nSPS) is 46.1. The zero-order valence-electron chi connectivity index (χ0n) is 10.7. The summed E-state index contributed by atoms with van der Waals surface area (Å²) in [7, 11) is -7.89. The second-order valence-electron chi connectivity index (χ2n) is 4.96. The Labute approximate surface area is 104 Å². The fraction of sp³-hybridized carbons (Fsp3) is 1.00. The van der Waals surface area contributed by atoms with Crippen molar-refractivity contribution in [1.82, 2.24) is 0 Å². The van der Waals surface area contributed by atoms with Crippen LogP contribution in [0.25, 0.3) is 0 Å². The summed E-state index contributed by atoms with van der Waals surface area (Å²) in [6.07, 6.45) is 0. The van der Waals surface area contributed by atoms with Crippen molar-refractivity contribution in [3.05, 3.63) is 0 Å². The molecular formula is C8H24O4Si4. The van der Waals surface area contributed by atoms with Gasteiger partial charge >= 0.3 is 17.1 Å². The summed E-state index contributed by atoms with van der Waals surface area (Å²) in [5, 5.41) is 0. The molecule has 0 saturated carbocycles. The maximum atomic E-state index is 10.5. The Balaban J connectivity index is 2.82. The summed E-state index contributed by atoms with van der Waals surface area (Å²) in [4.78, 5) is 20.7. The highest BCUT2D eigenvalue weighted by atomic mass is 28.5. The van der Waals surface area contributed by atoms with Gasteiger partial charge in [-0.3, -0.25) is 0 Å². The van der Waals surface area contributed by atoms with E-state index in [-0.39, 0.29) is 0 Å². The molecule has 4 unspecified atom stereocenters. The SMILES string of the molecule is CC[SiH]1C[SiH](C)O[Si](C)(O)C[Si](O)(CC)O1. The van der Waals surface area contributed by atoms with Crippen LogP contribution in [0.4, 0.5) is 0 Å². The van der Waals surface area contributed by atoms with Crippen LogP contribution in [0.2, 0.25) is 36.5 Å². The molecule has 2 N–H and O–H groups in total. The maximum Gasteiger partial charge on any atom is 0.326 e. The minimum absolute atomic E-state index is 0.428. The lowest BCUT2D eigenvalue weighted by molar-refractivity contribution is 0.345. The molecule has 0 aromatic heterocycles. The van der Waals surface area contributed by atoms with E-state index in [4.69, 9.17) is 8.23 Å². The van der Waals surface area contributed by atoms with E-state index in [2.05, 4.69) is 13.5 Å². The van der Waals surface area contributed by atoms with Crippen LogP contribution in [0.15, 0.2) is 0 Å². The van der Waals surface area contributed by atoms with Crippen LogP contribution in [0.3, 0.4) is 0 Å². The van der Waals surface area contributed by atoms with E-state index in [0.717, 1.165) is 11.7 Å². The van der Waals surface area contributed by atoms with Gasteiger partial charge in [0.15, 0.2) is 18.1 Å². The molecule has 0 radical (unpaired) electrons. The van der Waals surface area contributed by atoms with Gasteiger partial charge in [0.25, 0.3) is 0 Å². The second kappa shape index (κ2) is 5.57. The summed E-state index contributed by atoms with van der Waals surface area (Å²) < 4.78 is 11.9. The van der Waals surface area contributed by atoms with E-state index in [1.54, 1.807) is 6.55 Å². The van der Waals surface area contributed by atoms with Gasteiger partial charge in [0.2, 0.25) is 0 Å². The third-order valence-corrected chi connectivity index (χ3v) is 21.4.